The second-order valence-corrected chi connectivity index (χ2v) is 3.69. The van der Waals surface area contributed by atoms with Crippen LogP contribution in [0.3, 0.4) is 0 Å². The van der Waals surface area contributed by atoms with Gasteiger partial charge in [-0.05, 0) is 19.1 Å². The zero-order valence-corrected chi connectivity index (χ0v) is 9.36. The summed E-state index contributed by atoms with van der Waals surface area (Å²) in [5, 5.41) is 19.8. The van der Waals surface area contributed by atoms with Gasteiger partial charge in [0, 0.05) is 6.54 Å². The number of aliphatic hydroxyl groups excluding tert-OH is 1. The van der Waals surface area contributed by atoms with Crippen LogP contribution in [0.4, 0.5) is 13.2 Å². The Hall–Kier alpha value is -1.54. The molecule has 2 unspecified atom stereocenters. The molecule has 102 valence electrons. The molecule has 1 aromatic rings. The van der Waals surface area contributed by atoms with Crippen LogP contribution in [-0.4, -0.2) is 35.0 Å². The lowest BCUT2D eigenvalue weighted by atomic mass is 10.2. The van der Waals surface area contributed by atoms with E-state index in [1.54, 1.807) is 0 Å². The van der Waals surface area contributed by atoms with Crippen molar-refractivity contribution in [3.63, 3.8) is 0 Å². The minimum atomic E-state index is -4.69. The molecule has 1 aromatic heterocycles. The quantitative estimate of drug-likeness (QED) is 0.754. The highest BCUT2D eigenvalue weighted by molar-refractivity contribution is 5.84. The Bertz CT molecular complexity index is 416. The number of furan rings is 1. The third-order valence-electron chi connectivity index (χ3n) is 2.26. The van der Waals surface area contributed by atoms with Crippen molar-refractivity contribution in [2.24, 2.45) is 0 Å². The molecule has 0 aliphatic carbocycles. The van der Waals surface area contributed by atoms with Crippen LogP contribution in [-0.2, 0) is 0 Å². The SMILES string of the molecule is CC(NCC(O)C(F)(F)F)c1ccc(C(=O)O)o1. The zero-order chi connectivity index (χ0) is 13.9. The van der Waals surface area contributed by atoms with Crippen LogP contribution in [0.5, 0.6) is 0 Å². The summed E-state index contributed by atoms with van der Waals surface area (Å²) in [4.78, 5) is 10.5. The van der Waals surface area contributed by atoms with Crippen molar-refractivity contribution in [2.75, 3.05) is 6.54 Å². The fourth-order valence-corrected chi connectivity index (χ4v) is 1.21. The summed E-state index contributed by atoms with van der Waals surface area (Å²) < 4.78 is 41.0. The number of hydrogen-bond acceptors (Lipinski definition) is 4. The van der Waals surface area contributed by atoms with Crippen LogP contribution in [0.25, 0.3) is 0 Å². The summed E-state index contributed by atoms with van der Waals surface area (Å²) in [6.07, 6.45) is -7.17. The standard InChI is InChI=1S/C10H12F3NO4/c1-5(14-4-8(15)10(11,12)13)6-2-3-7(18-6)9(16)17/h2-3,5,8,14-15H,4H2,1H3,(H,16,17). The number of aromatic carboxylic acids is 1. The first-order chi connectivity index (χ1) is 8.21. The minimum absolute atomic E-state index is 0.182. The summed E-state index contributed by atoms with van der Waals surface area (Å²) in [5.74, 6) is -1.37. The lowest BCUT2D eigenvalue weighted by Crippen LogP contribution is -2.39. The van der Waals surface area contributed by atoms with E-state index in [-0.39, 0.29) is 11.5 Å². The molecule has 0 aliphatic rings. The largest absolute Gasteiger partial charge is 0.475 e. The molecule has 8 heteroatoms. The van der Waals surface area contributed by atoms with Gasteiger partial charge in [-0.25, -0.2) is 4.79 Å². The van der Waals surface area contributed by atoms with Crippen molar-refractivity contribution in [1.82, 2.24) is 5.32 Å². The van der Waals surface area contributed by atoms with E-state index in [0.29, 0.717) is 0 Å². The molecule has 3 N–H and O–H groups in total. The maximum Gasteiger partial charge on any atom is 0.415 e. The lowest BCUT2D eigenvalue weighted by molar-refractivity contribution is -0.202. The van der Waals surface area contributed by atoms with Gasteiger partial charge in [-0.3, -0.25) is 0 Å². The average molecular weight is 267 g/mol. The lowest BCUT2D eigenvalue weighted by Gasteiger charge is -2.17. The van der Waals surface area contributed by atoms with Gasteiger partial charge in [-0.15, -0.1) is 0 Å². The van der Waals surface area contributed by atoms with Crippen LogP contribution in [0.1, 0.15) is 29.3 Å². The van der Waals surface area contributed by atoms with E-state index in [0.717, 1.165) is 0 Å². The van der Waals surface area contributed by atoms with Crippen LogP contribution >= 0.6 is 0 Å². The third-order valence-corrected chi connectivity index (χ3v) is 2.26. The highest BCUT2D eigenvalue weighted by Crippen LogP contribution is 2.21. The van der Waals surface area contributed by atoms with Crippen molar-refractivity contribution in [3.05, 3.63) is 23.7 Å². The summed E-state index contributed by atoms with van der Waals surface area (Å²) in [7, 11) is 0. The number of carbonyl (C=O) groups is 1. The first-order valence-corrected chi connectivity index (χ1v) is 5.03. The molecule has 1 rings (SSSR count). The van der Waals surface area contributed by atoms with Crippen molar-refractivity contribution < 1.29 is 32.6 Å². The van der Waals surface area contributed by atoms with E-state index in [1.165, 1.54) is 19.1 Å². The second kappa shape index (κ2) is 5.40. The number of carboxylic acid groups (broad SMARTS) is 1. The van der Waals surface area contributed by atoms with Gasteiger partial charge in [-0.1, -0.05) is 0 Å². The third kappa shape index (κ3) is 3.74. The van der Waals surface area contributed by atoms with E-state index in [9.17, 15) is 18.0 Å². The van der Waals surface area contributed by atoms with E-state index >= 15 is 0 Å². The molecule has 0 spiro atoms. The van der Waals surface area contributed by atoms with Crippen LogP contribution < -0.4 is 5.32 Å². The number of alkyl halides is 3. The van der Waals surface area contributed by atoms with Crippen molar-refractivity contribution in [2.45, 2.75) is 25.2 Å². The van der Waals surface area contributed by atoms with Crippen molar-refractivity contribution >= 4 is 5.97 Å². The highest BCUT2D eigenvalue weighted by atomic mass is 19.4. The Morgan fingerprint density at radius 2 is 2.11 bits per heavy atom. The summed E-state index contributed by atoms with van der Waals surface area (Å²) in [6, 6.07) is 1.91. The van der Waals surface area contributed by atoms with Gasteiger partial charge in [0.15, 0.2) is 6.10 Å². The predicted octanol–water partition coefficient (Wildman–Crippen LogP) is 1.55. The van der Waals surface area contributed by atoms with Gasteiger partial charge < -0.3 is 19.9 Å². The molecule has 0 aliphatic heterocycles. The monoisotopic (exact) mass is 267 g/mol. The number of rotatable bonds is 5. The molecule has 0 bridgehead atoms. The number of carboxylic acids is 1. The van der Waals surface area contributed by atoms with E-state index < -0.39 is 30.8 Å². The topological polar surface area (TPSA) is 82.7 Å². The number of aliphatic hydroxyl groups is 1. The Labute approximate surface area is 100 Å². The molecule has 0 aromatic carbocycles. The zero-order valence-electron chi connectivity index (χ0n) is 9.36. The molecular formula is C10H12F3NO4. The van der Waals surface area contributed by atoms with Gasteiger partial charge >= 0.3 is 12.1 Å². The van der Waals surface area contributed by atoms with Gasteiger partial charge in [0.25, 0.3) is 0 Å². The Kier molecular flexibility index (Phi) is 4.36. The maximum atomic E-state index is 12.0. The van der Waals surface area contributed by atoms with Gasteiger partial charge in [-0.2, -0.15) is 13.2 Å². The Balaban J connectivity index is 2.55. The Morgan fingerprint density at radius 3 is 2.56 bits per heavy atom. The number of hydrogen-bond donors (Lipinski definition) is 3. The first kappa shape index (κ1) is 14.5. The molecule has 18 heavy (non-hydrogen) atoms. The molecule has 0 fully saturated rings. The van der Waals surface area contributed by atoms with Crippen molar-refractivity contribution in [1.29, 1.82) is 0 Å². The van der Waals surface area contributed by atoms with Crippen LogP contribution in [0.2, 0.25) is 0 Å². The summed E-state index contributed by atoms with van der Waals surface area (Å²) in [6.45, 7) is 0.793. The molecule has 2 atom stereocenters. The minimum Gasteiger partial charge on any atom is -0.475 e. The van der Waals surface area contributed by atoms with Crippen molar-refractivity contribution in [3.8, 4) is 0 Å². The van der Waals surface area contributed by atoms with Gasteiger partial charge in [0.2, 0.25) is 5.76 Å². The number of nitrogens with one attached hydrogen (secondary N) is 1. The van der Waals surface area contributed by atoms with E-state index in [4.69, 9.17) is 14.6 Å². The van der Waals surface area contributed by atoms with Gasteiger partial charge in [0.1, 0.15) is 5.76 Å². The summed E-state index contributed by atoms with van der Waals surface area (Å²) >= 11 is 0. The predicted molar refractivity (Wildman–Crippen MR) is 54.1 cm³/mol. The molecule has 0 saturated carbocycles. The normalized spacial score (nSPS) is 15.4. The number of halogens is 3. The summed E-state index contributed by atoms with van der Waals surface area (Å²) in [5.41, 5.74) is 0. The van der Waals surface area contributed by atoms with E-state index in [2.05, 4.69) is 5.32 Å². The molecule has 1 heterocycles. The molecule has 0 radical (unpaired) electrons. The van der Waals surface area contributed by atoms with E-state index in [1.807, 2.05) is 0 Å². The molecular weight excluding hydrogens is 255 g/mol. The fourth-order valence-electron chi connectivity index (χ4n) is 1.21. The first-order valence-electron chi connectivity index (χ1n) is 5.03. The highest BCUT2D eigenvalue weighted by Gasteiger charge is 2.38. The molecule has 0 amide bonds. The molecule has 5 nitrogen and oxygen atoms in total. The fraction of sp³-hybridized carbons (Fsp3) is 0.500. The van der Waals surface area contributed by atoms with Gasteiger partial charge in [0.05, 0.1) is 6.04 Å². The van der Waals surface area contributed by atoms with Crippen LogP contribution in [0, 0.1) is 0 Å². The second-order valence-electron chi connectivity index (χ2n) is 3.69. The average Bonchev–Trinajstić information content (AvgIpc) is 2.73. The maximum absolute atomic E-state index is 12.0. The van der Waals surface area contributed by atoms with Crippen LogP contribution in [0.15, 0.2) is 16.5 Å². The smallest absolute Gasteiger partial charge is 0.415 e. The molecule has 0 saturated heterocycles. The Morgan fingerprint density at radius 1 is 1.50 bits per heavy atom.